The van der Waals surface area contributed by atoms with E-state index >= 15 is 0 Å². The van der Waals surface area contributed by atoms with Crippen LogP contribution in [0, 0.1) is 0 Å². The summed E-state index contributed by atoms with van der Waals surface area (Å²) in [7, 11) is 0. The number of allylic oxidation sites excluding steroid dienone is 2. The number of rotatable bonds is 5. The molecule has 0 amide bonds. The average molecular weight is 430 g/mol. The normalized spacial score (nSPS) is 17.6. The molecule has 1 aliphatic carbocycles. The van der Waals surface area contributed by atoms with Gasteiger partial charge in [-0.15, -0.1) is 5.10 Å². The summed E-state index contributed by atoms with van der Waals surface area (Å²) in [6, 6.07) is 14.9. The number of hydrogen-bond donors (Lipinski definition) is 2. The first-order valence-corrected chi connectivity index (χ1v) is 11.2. The highest BCUT2D eigenvalue weighted by Crippen LogP contribution is 2.41. The number of Topliss-reactive ketones (excluding diaryl/α,β-unsaturated/α-hetero) is 1. The van der Waals surface area contributed by atoms with E-state index in [4.69, 9.17) is 10.1 Å². The minimum Gasteiger partial charge on any atom is -0.508 e. The van der Waals surface area contributed by atoms with Gasteiger partial charge in [-0.25, -0.2) is 4.68 Å². The second-order valence-corrected chi connectivity index (χ2v) is 8.21. The number of hydrogen-bond acceptors (Lipinski definition) is 6. The fourth-order valence-corrected chi connectivity index (χ4v) is 4.69. The third-order valence-corrected chi connectivity index (χ3v) is 6.31. The molecule has 0 fully saturated rings. The summed E-state index contributed by atoms with van der Waals surface area (Å²) in [6.07, 6.45) is 2.15. The largest absolute Gasteiger partial charge is 0.508 e. The van der Waals surface area contributed by atoms with Crippen molar-refractivity contribution in [1.82, 2.24) is 14.8 Å². The molecule has 1 aliphatic heterocycles. The highest BCUT2D eigenvalue weighted by molar-refractivity contribution is 5.99. The summed E-state index contributed by atoms with van der Waals surface area (Å²) in [4.78, 5) is 20.0. The van der Waals surface area contributed by atoms with Crippen LogP contribution in [-0.4, -0.2) is 38.7 Å². The lowest BCUT2D eigenvalue weighted by Crippen LogP contribution is -2.31. The van der Waals surface area contributed by atoms with Crippen molar-refractivity contribution in [2.45, 2.75) is 39.2 Å². The van der Waals surface area contributed by atoms with E-state index in [0.29, 0.717) is 18.2 Å². The molecule has 32 heavy (non-hydrogen) atoms. The van der Waals surface area contributed by atoms with Crippen LogP contribution in [0.2, 0.25) is 0 Å². The molecule has 7 heteroatoms. The van der Waals surface area contributed by atoms with Crippen LogP contribution >= 0.6 is 0 Å². The Bertz CT molecular complexity index is 1190. The number of nitrogens with one attached hydrogen (secondary N) is 1. The standard InChI is InChI=1S/C25H27N5O2/c1-3-29(4-2)18-13-11-16(12-14-18)24-27-25-26-20-9-6-10-21(32)22(20)23(30(25)28-24)17-7-5-8-19(31)15-17/h5,7-8,11-15,23,31H,3-4,6,9-10H2,1-2H3,(H,26,27,28). The molecule has 0 saturated carbocycles. The van der Waals surface area contributed by atoms with Gasteiger partial charge in [0, 0.05) is 42.0 Å². The topological polar surface area (TPSA) is 83.3 Å². The molecule has 0 spiro atoms. The van der Waals surface area contributed by atoms with Gasteiger partial charge in [-0.3, -0.25) is 4.79 Å². The van der Waals surface area contributed by atoms with Crippen LogP contribution in [0.5, 0.6) is 5.75 Å². The van der Waals surface area contributed by atoms with Crippen LogP contribution in [0.25, 0.3) is 11.4 Å². The number of aromatic hydroxyl groups is 1. The lowest BCUT2D eigenvalue weighted by atomic mass is 9.85. The Balaban J connectivity index is 1.58. The summed E-state index contributed by atoms with van der Waals surface area (Å²) in [5.74, 6) is 1.52. The summed E-state index contributed by atoms with van der Waals surface area (Å²) in [5.41, 5.74) is 4.55. The Morgan fingerprint density at radius 2 is 1.91 bits per heavy atom. The predicted octanol–water partition coefficient (Wildman–Crippen LogP) is 4.52. The van der Waals surface area contributed by atoms with E-state index in [1.807, 2.05) is 18.2 Å². The Kier molecular flexibility index (Phi) is 5.17. The van der Waals surface area contributed by atoms with E-state index in [9.17, 15) is 9.90 Å². The van der Waals surface area contributed by atoms with Crippen molar-refractivity contribution in [3.63, 3.8) is 0 Å². The van der Waals surface area contributed by atoms with Crippen molar-refractivity contribution in [1.29, 1.82) is 0 Å². The molecular formula is C25H27N5O2. The molecule has 2 heterocycles. The SMILES string of the molecule is CCN(CC)c1ccc(-c2nc3n(n2)C(c2cccc(O)c2)C2=C(CCCC2=O)N3)cc1. The molecule has 164 valence electrons. The molecule has 2 N–H and O–H groups in total. The number of anilines is 2. The Labute approximate surface area is 187 Å². The smallest absolute Gasteiger partial charge is 0.226 e. The van der Waals surface area contributed by atoms with Gasteiger partial charge >= 0.3 is 0 Å². The Morgan fingerprint density at radius 3 is 2.62 bits per heavy atom. The van der Waals surface area contributed by atoms with Gasteiger partial charge in [-0.1, -0.05) is 12.1 Å². The van der Waals surface area contributed by atoms with E-state index < -0.39 is 6.04 Å². The van der Waals surface area contributed by atoms with Crippen molar-refractivity contribution in [3.8, 4) is 17.1 Å². The van der Waals surface area contributed by atoms with E-state index in [-0.39, 0.29) is 11.5 Å². The van der Waals surface area contributed by atoms with Gasteiger partial charge in [0.25, 0.3) is 0 Å². The van der Waals surface area contributed by atoms with Crippen LogP contribution in [0.3, 0.4) is 0 Å². The summed E-state index contributed by atoms with van der Waals surface area (Å²) in [6.45, 7) is 6.19. The summed E-state index contributed by atoms with van der Waals surface area (Å²) >= 11 is 0. The number of carbonyl (C=O) groups excluding carboxylic acids is 1. The summed E-state index contributed by atoms with van der Waals surface area (Å²) < 4.78 is 1.78. The number of aromatic nitrogens is 3. The zero-order valence-corrected chi connectivity index (χ0v) is 18.4. The maximum atomic E-state index is 12.9. The summed E-state index contributed by atoms with van der Waals surface area (Å²) in [5, 5.41) is 18.3. The third kappa shape index (κ3) is 3.43. The molecule has 1 aromatic heterocycles. The van der Waals surface area contributed by atoms with Crippen LogP contribution in [0.4, 0.5) is 11.6 Å². The first kappa shape index (κ1) is 20.3. The van der Waals surface area contributed by atoms with Crippen molar-refractivity contribution in [3.05, 3.63) is 65.4 Å². The van der Waals surface area contributed by atoms with Crippen molar-refractivity contribution in [2.75, 3.05) is 23.3 Å². The molecule has 2 aromatic carbocycles. The predicted molar refractivity (Wildman–Crippen MR) is 125 cm³/mol. The Hall–Kier alpha value is -3.61. The van der Waals surface area contributed by atoms with Crippen molar-refractivity contribution >= 4 is 17.4 Å². The van der Waals surface area contributed by atoms with Gasteiger partial charge in [-0.05, 0) is 68.7 Å². The molecule has 1 atom stereocenters. The molecule has 1 unspecified atom stereocenters. The zero-order chi connectivity index (χ0) is 22.2. The van der Waals surface area contributed by atoms with Crippen LogP contribution < -0.4 is 10.2 Å². The van der Waals surface area contributed by atoms with Gasteiger partial charge in [0.1, 0.15) is 11.8 Å². The fraction of sp³-hybridized carbons (Fsp3) is 0.320. The maximum absolute atomic E-state index is 12.9. The molecule has 7 nitrogen and oxygen atoms in total. The van der Waals surface area contributed by atoms with Gasteiger partial charge in [-0.2, -0.15) is 4.98 Å². The minimum absolute atomic E-state index is 0.123. The monoisotopic (exact) mass is 429 g/mol. The maximum Gasteiger partial charge on any atom is 0.226 e. The second kappa shape index (κ2) is 8.15. The minimum atomic E-state index is -0.405. The lowest BCUT2D eigenvalue weighted by molar-refractivity contribution is -0.116. The number of ketones is 1. The number of benzene rings is 2. The van der Waals surface area contributed by atoms with Gasteiger partial charge in [0.2, 0.25) is 5.95 Å². The Morgan fingerprint density at radius 1 is 1.12 bits per heavy atom. The molecule has 0 radical (unpaired) electrons. The van der Waals surface area contributed by atoms with E-state index in [1.54, 1.807) is 22.9 Å². The van der Waals surface area contributed by atoms with Crippen LogP contribution in [0.15, 0.2) is 59.8 Å². The first-order chi connectivity index (χ1) is 15.6. The van der Waals surface area contributed by atoms with E-state index in [1.165, 1.54) is 5.69 Å². The highest BCUT2D eigenvalue weighted by atomic mass is 16.3. The van der Waals surface area contributed by atoms with Crippen molar-refractivity contribution < 1.29 is 9.90 Å². The van der Waals surface area contributed by atoms with Gasteiger partial charge < -0.3 is 15.3 Å². The molecule has 5 rings (SSSR count). The molecule has 0 saturated heterocycles. The third-order valence-electron chi connectivity index (χ3n) is 6.31. The molecule has 3 aromatic rings. The number of fused-ring (bicyclic) bond motifs is 1. The quantitative estimate of drug-likeness (QED) is 0.621. The van der Waals surface area contributed by atoms with E-state index in [0.717, 1.165) is 48.3 Å². The van der Waals surface area contributed by atoms with E-state index in [2.05, 4.69) is 36.2 Å². The number of carbonyl (C=O) groups is 1. The zero-order valence-electron chi connectivity index (χ0n) is 18.4. The fourth-order valence-electron chi connectivity index (χ4n) is 4.69. The number of phenols is 1. The van der Waals surface area contributed by atoms with Gasteiger partial charge in [0.15, 0.2) is 11.6 Å². The average Bonchev–Trinajstić information content (AvgIpc) is 3.23. The van der Waals surface area contributed by atoms with Crippen molar-refractivity contribution in [2.24, 2.45) is 0 Å². The van der Waals surface area contributed by atoms with Gasteiger partial charge in [0.05, 0.1) is 0 Å². The highest BCUT2D eigenvalue weighted by Gasteiger charge is 2.37. The number of nitrogens with zero attached hydrogens (tertiary/aromatic N) is 4. The van der Waals surface area contributed by atoms with Crippen LogP contribution in [-0.2, 0) is 4.79 Å². The molecule has 0 bridgehead atoms. The first-order valence-electron chi connectivity index (χ1n) is 11.2. The lowest BCUT2D eigenvalue weighted by Gasteiger charge is -2.32. The molecule has 2 aliphatic rings. The van der Waals surface area contributed by atoms with Crippen LogP contribution in [0.1, 0.15) is 44.7 Å². The second-order valence-electron chi connectivity index (χ2n) is 8.21. The number of phenolic OH excluding ortho intramolecular Hbond substituents is 1. The molecular weight excluding hydrogens is 402 g/mol.